The molecule has 0 saturated carbocycles. The Morgan fingerprint density at radius 1 is 0.481 bits per heavy atom. The highest BCUT2D eigenvalue weighted by atomic mass is 32.1. The maximum atomic E-state index is 9.78. The van der Waals surface area contributed by atoms with E-state index in [1.165, 1.54) is 4.57 Å². The molecule has 0 N–H and O–H groups in total. The average molecular weight is 695 g/mol. The van der Waals surface area contributed by atoms with Gasteiger partial charge in [0, 0.05) is 63.6 Å². The fourth-order valence-electron chi connectivity index (χ4n) is 7.15. The van der Waals surface area contributed by atoms with Gasteiger partial charge in [0.05, 0.1) is 24.7 Å². The summed E-state index contributed by atoms with van der Waals surface area (Å²) in [7, 11) is 0. The third-order valence-electron chi connectivity index (χ3n) is 9.52. The highest BCUT2D eigenvalue weighted by Gasteiger charge is 2.21. The summed E-state index contributed by atoms with van der Waals surface area (Å²) in [4.78, 5) is 14.9. The number of fused-ring (bicyclic) bond motifs is 12. The Morgan fingerprint density at radius 3 is 1.77 bits per heavy atom. The molecule has 12 aromatic rings. The van der Waals surface area contributed by atoms with Crippen LogP contribution in [0.3, 0.4) is 0 Å². The van der Waals surface area contributed by atoms with Gasteiger partial charge in [-0.1, -0.05) is 84.8 Å². The summed E-state index contributed by atoms with van der Waals surface area (Å²) in [6.07, 6.45) is 0. The summed E-state index contributed by atoms with van der Waals surface area (Å²) >= 11 is 0.941. The highest BCUT2D eigenvalue weighted by molar-refractivity contribution is 7.25. The standard InChI is InChI=1S/C45H24N4O2S/c1-5-13-35-27(9-1)33-23-34-32-12-4-8-16-41(32)52-42(34)24-36(33)49(35)45-47-43(25-17-19-30-28-10-2-6-14-37(28)50-39(30)21-25)46-44(48-45)26-18-20-31-29-11-3-7-15-38(29)51-40(31)22-26/h1-24H/i1D,4D,5D,8D,9D,12D,13D,16D,23D,24D. The minimum atomic E-state index is -0.556. The topological polar surface area (TPSA) is 69.9 Å². The summed E-state index contributed by atoms with van der Waals surface area (Å²) in [5.74, 6) is 0.247. The van der Waals surface area contributed by atoms with E-state index in [4.69, 9.17) is 32.0 Å². The van der Waals surface area contributed by atoms with E-state index in [-0.39, 0.29) is 83.7 Å². The molecule has 52 heavy (non-hydrogen) atoms. The van der Waals surface area contributed by atoms with E-state index >= 15 is 0 Å². The molecule has 0 spiro atoms. The van der Waals surface area contributed by atoms with Crippen molar-refractivity contribution in [2.45, 2.75) is 0 Å². The molecule has 242 valence electrons. The number of hydrogen-bond acceptors (Lipinski definition) is 6. The number of hydrogen-bond donors (Lipinski definition) is 0. The summed E-state index contributed by atoms with van der Waals surface area (Å²) in [5, 5.41) is 3.67. The SMILES string of the molecule is [2H]c1c([2H])c([2H])c2c(sc3c([2H])c4c(c([2H])c32)c2c([2H])c([2H])c([2H])c([2H])c2n4-c2nc(-c3ccc4c(c3)oc3ccccc34)nc(-c3ccc4c(c3)oc3ccccc34)n2)c1[2H]. The first-order valence-corrected chi connectivity index (χ1v) is 17.2. The highest BCUT2D eigenvalue weighted by Crippen LogP contribution is 2.41. The molecule has 0 unspecified atom stereocenters. The Morgan fingerprint density at radius 2 is 1.08 bits per heavy atom. The van der Waals surface area contributed by atoms with E-state index in [0.717, 1.165) is 32.9 Å². The molecule has 0 aliphatic rings. The van der Waals surface area contributed by atoms with E-state index in [9.17, 15) is 5.48 Å². The molecular weight excluding hydrogens is 661 g/mol. The van der Waals surface area contributed by atoms with Gasteiger partial charge in [0.2, 0.25) is 5.95 Å². The molecule has 7 heteroatoms. The van der Waals surface area contributed by atoms with Crippen molar-refractivity contribution in [2.24, 2.45) is 0 Å². The number of aromatic nitrogens is 4. The van der Waals surface area contributed by atoms with Crippen LogP contribution in [0.15, 0.2) is 154 Å². The number of para-hydroxylation sites is 3. The molecule has 0 fully saturated rings. The zero-order valence-electron chi connectivity index (χ0n) is 36.6. The molecule has 0 atom stereocenters. The van der Waals surface area contributed by atoms with Crippen LogP contribution in [0, 0.1) is 0 Å². The molecule has 0 saturated heterocycles. The van der Waals surface area contributed by atoms with Crippen LogP contribution in [0.2, 0.25) is 0 Å². The second-order valence-corrected chi connectivity index (χ2v) is 13.5. The number of rotatable bonds is 3. The molecule has 5 aromatic heterocycles. The predicted molar refractivity (Wildman–Crippen MR) is 212 cm³/mol. The molecule has 7 aromatic carbocycles. The van der Waals surface area contributed by atoms with Crippen LogP contribution in [-0.4, -0.2) is 19.5 Å². The van der Waals surface area contributed by atoms with Crippen molar-refractivity contribution < 1.29 is 22.5 Å². The van der Waals surface area contributed by atoms with Gasteiger partial charge in [-0.25, -0.2) is 4.98 Å². The minimum absolute atomic E-state index is 0.00474. The lowest BCUT2D eigenvalue weighted by Crippen LogP contribution is -2.06. The van der Waals surface area contributed by atoms with Crippen molar-refractivity contribution in [3.63, 3.8) is 0 Å². The molecule has 12 rings (SSSR count). The van der Waals surface area contributed by atoms with Crippen LogP contribution in [0.1, 0.15) is 13.7 Å². The Balaban J connectivity index is 1.22. The predicted octanol–water partition coefficient (Wildman–Crippen LogP) is 12.5. The molecule has 0 aliphatic carbocycles. The van der Waals surface area contributed by atoms with Gasteiger partial charge in [-0.05, 0) is 60.6 Å². The number of furan rings is 2. The van der Waals surface area contributed by atoms with Gasteiger partial charge in [0.1, 0.15) is 22.3 Å². The van der Waals surface area contributed by atoms with Crippen LogP contribution in [-0.2, 0) is 0 Å². The average Bonchev–Trinajstić information content (AvgIpc) is 4.07. The van der Waals surface area contributed by atoms with Crippen molar-refractivity contribution >= 4 is 97.2 Å². The van der Waals surface area contributed by atoms with Gasteiger partial charge in [0.25, 0.3) is 0 Å². The van der Waals surface area contributed by atoms with Crippen LogP contribution in [0.4, 0.5) is 0 Å². The van der Waals surface area contributed by atoms with E-state index in [2.05, 4.69) is 0 Å². The van der Waals surface area contributed by atoms with Crippen molar-refractivity contribution in [3.8, 4) is 28.7 Å². The lowest BCUT2D eigenvalue weighted by molar-refractivity contribution is 0.668. The molecule has 0 radical (unpaired) electrons. The molecule has 6 nitrogen and oxygen atoms in total. The molecule has 0 bridgehead atoms. The van der Waals surface area contributed by atoms with Crippen LogP contribution >= 0.6 is 11.3 Å². The Hall–Kier alpha value is -6.83. The fourth-order valence-corrected chi connectivity index (χ4v) is 8.11. The maximum absolute atomic E-state index is 9.78. The summed E-state index contributed by atoms with van der Waals surface area (Å²) in [5.41, 5.74) is 3.55. The summed E-state index contributed by atoms with van der Waals surface area (Å²) in [6, 6.07) is 22.4. The number of nitrogens with zero attached hydrogens (tertiary/aromatic N) is 4. The second-order valence-electron chi connectivity index (χ2n) is 12.4. The summed E-state index contributed by atoms with van der Waals surface area (Å²) in [6.45, 7) is 0. The van der Waals surface area contributed by atoms with Crippen molar-refractivity contribution in [1.29, 1.82) is 0 Å². The van der Waals surface area contributed by atoms with E-state index in [1.54, 1.807) is 0 Å². The lowest BCUT2D eigenvalue weighted by atomic mass is 10.1. The van der Waals surface area contributed by atoms with Crippen molar-refractivity contribution in [1.82, 2.24) is 19.5 Å². The van der Waals surface area contributed by atoms with Gasteiger partial charge < -0.3 is 8.83 Å². The van der Waals surface area contributed by atoms with Gasteiger partial charge in [-0.3, -0.25) is 4.57 Å². The monoisotopic (exact) mass is 694 g/mol. The normalized spacial score (nSPS) is 14.9. The smallest absolute Gasteiger partial charge is 0.238 e. The second kappa shape index (κ2) is 10.4. The largest absolute Gasteiger partial charge is 0.456 e. The van der Waals surface area contributed by atoms with Crippen LogP contribution in [0.25, 0.3) is 115 Å². The molecular formula is C45H24N4O2S. The maximum Gasteiger partial charge on any atom is 0.238 e. The van der Waals surface area contributed by atoms with Gasteiger partial charge >= 0.3 is 0 Å². The molecule has 0 amide bonds. The first kappa shape index (κ1) is 20.1. The zero-order chi connectivity index (χ0) is 42.6. The van der Waals surface area contributed by atoms with Crippen LogP contribution in [0.5, 0.6) is 0 Å². The van der Waals surface area contributed by atoms with E-state index < -0.39 is 36.3 Å². The quantitative estimate of drug-likeness (QED) is 0.184. The third-order valence-corrected chi connectivity index (χ3v) is 10.5. The third kappa shape index (κ3) is 3.96. The molecule has 5 heterocycles. The van der Waals surface area contributed by atoms with E-state index in [1.807, 2.05) is 84.9 Å². The Bertz CT molecular complexity index is 3890. The zero-order valence-corrected chi connectivity index (χ0v) is 27.4. The van der Waals surface area contributed by atoms with Crippen molar-refractivity contribution in [3.05, 3.63) is 145 Å². The van der Waals surface area contributed by atoms with Gasteiger partial charge in [-0.15, -0.1) is 11.3 Å². The van der Waals surface area contributed by atoms with E-state index in [0.29, 0.717) is 33.5 Å². The van der Waals surface area contributed by atoms with Crippen molar-refractivity contribution in [2.75, 3.05) is 0 Å². The molecule has 0 aliphatic heterocycles. The van der Waals surface area contributed by atoms with Gasteiger partial charge in [0.15, 0.2) is 11.6 Å². The fraction of sp³-hybridized carbons (Fsp3) is 0. The Kier molecular flexibility index (Phi) is 4.01. The number of thiophene rings is 1. The first-order valence-electron chi connectivity index (χ1n) is 21.4. The number of benzene rings is 7. The van der Waals surface area contributed by atoms with Crippen LogP contribution < -0.4 is 0 Å². The van der Waals surface area contributed by atoms with Gasteiger partial charge in [-0.2, -0.15) is 9.97 Å². The first-order chi connectivity index (χ1) is 29.9. The minimum Gasteiger partial charge on any atom is -0.456 e. The lowest BCUT2D eigenvalue weighted by Gasteiger charge is -2.11. The summed E-state index contributed by atoms with van der Waals surface area (Å²) < 4.78 is 104. The Labute approximate surface area is 312 Å².